The summed E-state index contributed by atoms with van der Waals surface area (Å²) in [5.41, 5.74) is 12.5. The standard InChI is InChI=1S/C79H82Cl6N24S6/c1-50-92-63(99-74(93-50)110-44-51-14-26-57(80)27-15-51)9-3-39-87-70-95-65(101-76(106-70)112-46-53-18-30-59(82)31-19-53)11-5-41-89-72-97-67(103-78(108-72)114-48-55-22-34-61(84)35-23-55)13-7-43-91-73-98-68(104-79(109-73)115-49-56-24-36-62(85)37-25-56)12-6-42-90-71-96-66(102-77(107-71)113-47-54-20-32-60(83)33-21-54)10-4-40-88-69-94-64(8-2-38-86)100-75(105-69)111-45-52-16-28-58(81)29-17-52/h14-37H,2-13,38-49,86H2,1H3,(H,87,95,101,106)(H,88,94,100,105)(H,89,97,103,108)(H,90,96,102,107)(H,91,98,104,109). The van der Waals surface area contributed by atoms with E-state index in [2.05, 4.69) is 36.6 Å². The highest BCUT2D eigenvalue weighted by Gasteiger charge is 2.17. The number of nitrogens with one attached hydrogen (secondary N) is 5. The van der Waals surface area contributed by atoms with E-state index in [4.69, 9.17) is 155 Å². The minimum atomic E-state index is 0.471. The molecule has 596 valence electrons. The van der Waals surface area contributed by atoms with E-state index in [1.807, 2.05) is 153 Å². The minimum absolute atomic E-state index is 0.471. The topological polar surface area (TPSA) is 318 Å². The molecule has 36 heteroatoms. The highest BCUT2D eigenvalue weighted by molar-refractivity contribution is 7.99. The first-order valence-electron chi connectivity index (χ1n) is 37.2. The van der Waals surface area contributed by atoms with Gasteiger partial charge in [0, 0.05) is 136 Å². The van der Waals surface area contributed by atoms with Crippen molar-refractivity contribution in [1.82, 2.24) is 89.7 Å². The average Bonchev–Trinajstić information content (AvgIpc) is 0.855. The zero-order valence-corrected chi connectivity index (χ0v) is 72.1. The molecule has 0 radical (unpaired) electrons. The quantitative estimate of drug-likeness (QED) is 0.0152. The predicted molar refractivity (Wildman–Crippen MR) is 471 cm³/mol. The van der Waals surface area contributed by atoms with Crippen LogP contribution in [0.2, 0.25) is 30.1 Å². The molecule has 6 aromatic heterocycles. The molecule has 7 N–H and O–H groups in total. The van der Waals surface area contributed by atoms with Gasteiger partial charge < -0.3 is 32.3 Å². The van der Waals surface area contributed by atoms with Gasteiger partial charge >= 0.3 is 0 Å². The van der Waals surface area contributed by atoms with Crippen LogP contribution in [0.5, 0.6) is 0 Å². The Morgan fingerprint density at radius 1 is 0.235 bits per heavy atom. The summed E-state index contributed by atoms with van der Waals surface area (Å²) in [5.74, 6) is 11.1. The van der Waals surface area contributed by atoms with Gasteiger partial charge in [0.1, 0.15) is 40.8 Å². The van der Waals surface area contributed by atoms with E-state index in [0.717, 1.165) is 57.8 Å². The summed E-state index contributed by atoms with van der Waals surface area (Å²) < 4.78 is 0. The molecule has 0 aliphatic carbocycles. The normalized spacial score (nSPS) is 11.3. The van der Waals surface area contributed by atoms with Gasteiger partial charge in [-0.1, -0.05) is 213 Å². The van der Waals surface area contributed by atoms with E-state index in [1.165, 1.54) is 35.3 Å². The van der Waals surface area contributed by atoms with Crippen LogP contribution in [0.15, 0.2) is 177 Å². The van der Waals surface area contributed by atoms with Crippen molar-refractivity contribution in [1.29, 1.82) is 0 Å². The Hall–Kier alpha value is -7.82. The van der Waals surface area contributed by atoms with Crippen molar-refractivity contribution in [3.05, 3.63) is 250 Å². The molecule has 0 aliphatic rings. The van der Waals surface area contributed by atoms with Gasteiger partial charge in [0.05, 0.1) is 0 Å². The van der Waals surface area contributed by atoms with Crippen molar-refractivity contribution in [2.45, 2.75) is 149 Å². The van der Waals surface area contributed by atoms with Crippen molar-refractivity contribution in [2.24, 2.45) is 5.73 Å². The lowest BCUT2D eigenvalue weighted by atomic mass is 10.2. The summed E-state index contributed by atoms with van der Waals surface area (Å²) in [6.45, 7) is 5.19. The second-order valence-electron chi connectivity index (χ2n) is 25.9. The Morgan fingerprint density at radius 2 is 0.417 bits per heavy atom. The van der Waals surface area contributed by atoms with Crippen molar-refractivity contribution < 1.29 is 0 Å². The molecule has 6 aromatic carbocycles. The SMILES string of the molecule is Cc1nc(CCCNc2nc(CCCNc3nc(CCCNc4nc(CCCNc5nc(CCCNc6nc(CCCN)nc(SCc7ccc(Cl)cc7)n6)nc(SCc6ccc(Cl)cc6)n5)nc(SCc5ccc(Cl)cc5)n4)nc(SCc4ccc(Cl)cc4)n3)nc(SCc3ccc(Cl)cc3)n2)nc(SCc2ccc(Cl)cc2)n1. The van der Waals surface area contributed by atoms with E-state index in [0.29, 0.717) is 258 Å². The molecular weight excluding hydrogens is 1690 g/mol. The van der Waals surface area contributed by atoms with Crippen LogP contribution in [0.25, 0.3) is 0 Å². The van der Waals surface area contributed by atoms with Gasteiger partial charge in [-0.25, -0.2) is 39.9 Å². The number of nitrogens with zero attached hydrogens (tertiary/aromatic N) is 18. The largest absolute Gasteiger partial charge is 0.354 e. The maximum Gasteiger partial charge on any atom is 0.226 e. The Bertz CT molecular complexity index is 5050. The van der Waals surface area contributed by atoms with E-state index < -0.39 is 0 Å². The van der Waals surface area contributed by atoms with Crippen molar-refractivity contribution in [3.63, 3.8) is 0 Å². The minimum Gasteiger partial charge on any atom is -0.354 e. The Balaban J connectivity index is 0.671. The molecule has 12 aromatic rings. The molecule has 0 unspecified atom stereocenters. The molecule has 0 atom stereocenters. The number of hydrogen-bond donors (Lipinski definition) is 6. The molecule has 6 heterocycles. The molecule has 0 aliphatic heterocycles. The van der Waals surface area contributed by atoms with Crippen LogP contribution in [0.3, 0.4) is 0 Å². The van der Waals surface area contributed by atoms with E-state index in [1.54, 1.807) is 35.3 Å². The number of anilines is 5. The van der Waals surface area contributed by atoms with Crippen LogP contribution < -0.4 is 32.3 Å². The van der Waals surface area contributed by atoms with Gasteiger partial charge in [-0.15, -0.1) is 0 Å². The van der Waals surface area contributed by atoms with Crippen molar-refractivity contribution >= 4 is 170 Å². The van der Waals surface area contributed by atoms with Gasteiger partial charge in [0.25, 0.3) is 0 Å². The van der Waals surface area contributed by atoms with Gasteiger partial charge in [-0.3, -0.25) is 0 Å². The van der Waals surface area contributed by atoms with E-state index >= 15 is 0 Å². The molecule has 0 amide bonds. The molecule has 115 heavy (non-hydrogen) atoms. The Kier molecular flexibility index (Phi) is 34.9. The fourth-order valence-corrected chi connectivity index (χ4v) is 16.5. The first kappa shape index (κ1) is 86.5. The lowest BCUT2D eigenvalue weighted by Crippen LogP contribution is -2.14. The first-order chi connectivity index (χ1) is 56.1. The predicted octanol–water partition coefficient (Wildman–Crippen LogP) is 18.9. The fraction of sp³-hybridized carbons (Fsp3) is 0.316. The van der Waals surface area contributed by atoms with Gasteiger partial charge in [0.15, 0.2) is 30.9 Å². The van der Waals surface area contributed by atoms with Gasteiger partial charge in [0.2, 0.25) is 29.7 Å². The summed E-state index contributed by atoms with van der Waals surface area (Å²) in [5, 5.41) is 25.2. The zero-order chi connectivity index (χ0) is 79.8. The number of nitrogens with two attached hydrogens (primary N) is 1. The maximum absolute atomic E-state index is 6.28. The summed E-state index contributed by atoms with van der Waals surface area (Å²) >= 11 is 46.6. The molecule has 0 bridgehead atoms. The fourth-order valence-electron chi connectivity index (χ4n) is 10.8. The van der Waals surface area contributed by atoms with Crippen LogP contribution in [0.4, 0.5) is 29.7 Å². The molecule has 24 nitrogen and oxygen atoms in total. The Labute approximate surface area is 724 Å². The third-order valence-electron chi connectivity index (χ3n) is 16.7. The molecule has 0 saturated carbocycles. The molecule has 0 fully saturated rings. The van der Waals surface area contributed by atoms with Crippen LogP contribution in [-0.4, -0.2) is 129 Å². The van der Waals surface area contributed by atoms with Crippen LogP contribution in [-0.2, 0) is 73.0 Å². The zero-order valence-electron chi connectivity index (χ0n) is 62.7. The number of rotatable bonds is 46. The molecule has 0 spiro atoms. The summed E-state index contributed by atoms with van der Waals surface area (Å²) in [6.07, 6.45) is 7.70. The molecular formula is C79H82Cl6N24S6. The summed E-state index contributed by atoms with van der Waals surface area (Å²) in [6, 6.07) is 46.7. The first-order valence-corrected chi connectivity index (χ1v) is 45.4. The smallest absolute Gasteiger partial charge is 0.226 e. The van der Waals surface area contributed by atoms with Gasteiger partial charge in [-0.2, -0.15) is 49.8 Å². The third-order valence-corrected chi connectivity index (χ3v) is 23.7. The second-order valence-corrected chi connectivity index (χ2v) is 34.2. The lowest BCUT2D eigenvalue weighted by molar-refractivity contribution is 0.719. The number of halogens is 6. The van der Waals surface area contributed by atoms with E-state index in [-0.39, 0.29) is 0 Å². The lowest BCUT2D eigenvalue weighted by Gasteiger charge is -2.11. The number of hydrogen-bond acceptors (Lipinski definition) is 30. The number of thioether (sulfide) groups is 6. The Morgan fingerprint density at radius 3 is 0.617 bits per heavy atom. The second kappa shape index (κ2) is 46.4. The van der Waals surface area contributed by atoms with Crippen LogP contribution in [0, 0.1) is 6.92 Å². The van der Waals surface area contributed by atoms with Crippen LogP contribution in [0.1, 0.15) is 113 Å². The van der Waals surface area contributed by atoms with Crippen molar-refractivity contribution in [3.8, 4) is 0 Å². The number of aromatic nitrogens is 18. The number of aryl methyl sites for hydroxylation is 7. The van der Waals surface area contributed by atoms with E-state index in [9.17, 15) is 0 Å². The average molecular weight is 1770 g/mol. The highest BCUT2D eigenvalue weighted by atomic mass is 35.5. The van der Waals surface area contributed by atoms with Gasteiger partial charge in [-0.05, 0) is 158 Å². The maximum atomic E-state index is 6.28. The highest BCUT2D eigenvalue weighted by Crippen LogP contribution is 2.30. The third kappa shape index (κ3) is 30.9. The monoisotopic (exact) mass is 1770 g/mol. The van der Waals surface area contributed by atoms with Crippen molar-refractivity contribution in [2.75, 3.05) is 65.9 Å². The summed E-state index contributed by atoms with van der Waals surface area (Å²) in [4.78, 5) is 87.2. The molecule has 12 rings (SSSR count). The molecule has 0 saturated heterocycles. The number of benzene rings is 6. The van der Waals surface area contributed by atoms with Crippen LogP contribution >= 0.6 is 140 Å². The summed E-state index contributed by atoms with van der Waals surface area (Å²) in [7, 11) is 0.